The van der Waals surface area contributed by atoms with Gasteiger partial charge in [0.05, 0.1) is 6.42 Å². The zero-order chi connectivity index (χ0) is 13.9. The van der Waals surface area contributed by atoms with Crippen LogP contribution in [0.2, 0.25) is 0 Å². The maximum absolute atomic E-state index is 12.1. The Kier molecular flexibility index (Phi) is 3.29. The van der Waals surface area contributed by atoms with Crippen LogP contribution in [0.25, 0.3) is 10.8 Å². The Morgan fingerprint density at radius 3 is 2.65 bits per heavy atom. The van der Waals surface area contributed by atoms with Gasteiger partial charge in [-0.1, -0.05) is 42.5 Å². The fourth-order valence-corrected chi connectivity index (χ4v) is 2.30. The smallest absolute Gasteiger partial charge is 0.144 e. The summed E-state index contributed by atoms with van der Waals surface area (Å²) >= 11 is 0. The molecule has 0 saturated carbocycles. The van der Waals surface area contributed by atoms with Crippen molar-refractivity contribution in [3.63, 3.8) is 0 Å². The molecule has 100 valence electrons. The molecular weight excluding hydrogens is 250 g/mol. The predicted octanol–water partition coefficient (Wildman–Crippen LogP) is 2.32. The molecule has 0 radical (unpaired) electrons. The van der Waals surface area contributed by atoms with Crippen LogP contribution in [0.1, 0.15) is 11.4 Å². The van der Waals surface area contributed by atoms with E-state index in [0.29, 0.717) is 18.7 Å². The highest BCUT2D eigenvalue weighted by molar-refractivity contribution is 5.86. The Hall–Kier alpha value is -2.49. The molecule has 1 heterocycles. The molecule has 0 bridgehead atoms. The second kappa shape index (κ2) is 5.25. The van der Waals surface area contributed by atoms with E-state index in [1.807, 2.05) is 18.2 Å². The summed E-state index contributed by atoms with van der Waals surface area (Å²) in [5, 5.41) is 6.33. The summed E-state index contributed by atoms with van der Waals surface area (Å²) < 4.78 is 1.64. The second-order valence-electron chi connectivity index (χ2n) is 4.87. The quantitative estimate of drug-likeness (QED) is 0.727. The zero-order valence-electron chi connectivity index (χ0n) is 11.3. The number of fused-ring (bicyclic) bond motifs is 1. The number of benzene rings is 2. The van der Waals surface area contributed by atoms with E-state index in [4.69, 9.17) is 0 Å². The molecular formula is C16H15N3O. The van der Waals surface area contributed by atoms with E-state index < -0.39 is 0 Å². The molecule has 0 fully saturated rings. The average molecular weight is 265 g/mol. The molecule has 0 N–H and O–H groups in total. The van der Waals surface area contributed by atoms with E-state index in [1.165, 1.54) is 11.7 Å². The van der Waals surface area contributed by atoms with E-state index in [2.05, 4.69) is 34.3 Å². The first-order chi connectivity index (χ1) is 9.72. The van der Waals surface area contributed by atoms with Crippen molar-refractivity contribution in [2.75, 3.05) is 0 Å². The standard InChI is InChI=1S/C16H15N3O/c1-19-16(17-11-18-19)10-15(20)9-12-6-7-13-4-2-3-5-14(13)8-12/h2-8,11H,9-10H2,1H3. The first-order valence-corrected chi connectivity index (χ1v) is 6.54. The summed E-state index contributed by atoms with van der Waals surface area (Å²) in [6.45, 7) is 0. The molecule has 0 atom stereocenters. The van der Waals surface area contributed by atoms with Gasteiger partial charge in [0.25, 0.3) is 0 Å². The third-order valence-corrected chi connectivity index (χ3v) is 3.38. The Morgan fingerprint density at radius 2 is 1.90 bits per heavy atom. The van der Waals surface area contributed by atoms with Gasteiger partial charge in [-0.3, -0.25) is 9.48 Å². The minimum Gasteiger partial charge on any atom is -0.299 e. The van der Waals surface area contributed by atoms with Crippen molar-refractivity contribution in [3.8, 4) is 0 Å². The van der Waals surface area contributed by atoms with E-state index in [-0.39, 0.29) is 5.78 Å². The summed E-state index contributed by atoms with van der Waals surface area (Å²) in [6.07, 6.45) is 2.22. The summed E-state index contributed by atoms with van der Waals surface area (Å²) in [5.41, 5.74) is 1.04. The fourth-order valence-electron chi connectivity index (χ4n) is 2.30. The molecule has 3 rings (SSSR count). The van der Waals surface area contributed by atoms with Crippen LogP contribution in [0.4, 0.5) is 0 Å². The van der Waals surface area contributed by atoms with Gasteiger partial charge < -0.3 is 0 Å². The third kappa shape index (κ3) is 2.59. The topological polar surface area (TPSA) is 47.8 Å². The molecule has 3 aromatic rings. The Balaban J connectivity index is 1.75. The minimum atomic E-state index is 0.149. The van der Waals surface area contributed by atoms with Crippen molar-refractivity contribution in [1.82, 2.24) is 14.8 Å². The van der Waals surface area contributed by atoms with Crippen LogP contribution in [-0.2, 0) is 24.7 Å². The van der Waals surface area contributed by atoms with Crippen LogP contribution in [0.3, 0.4) is 0 Å². The maximum atomic E-state index is 12.1. The van der Waals surface area contributed by atoms with Gasteiger partial charge in [-0.15, -0.1) is 0 Å². The van der Waals surface area contributed by atoms with Gasteiger partial charge in [0.2, 0.25) is 0 Å². The van der Waals surface area contributed by atoms with Gasteiger partial charge in [0.15, 0.2) is 0 Å². The number of rotatable bonds is 4. The number of aromatic nitrogens is 3. The van der Waals surface area contributed by atoms with Gasteiger partial charge in [-0.25, -0.2) is 4.98 Å². The molecule has 0 unspecified atom stereocenters. The van der Waals surface area contributed by atoms with Crippen LogP contribution < -0.4 is 0 Å². The molecule has 0 aliphatic rings. The van der Waals surface area contributed by atoms with Gasteiger partial charge in [-0.2, -0.15) is 5.10 Å². The summed E-state index contributed by atoms with van der Waals surface area (Å²) in [4.78, 5) is 16.2. The molecule has 0 saturated heterocycles. The minimum absolute atomic E-state index is 0.149. The molecule has 20 heavy (non-hydrogen) atoms. The lowest BCUT2D eigenvalue weighted by atomic mass is 10.0. The van der Waals surface area contributed by atoms with E-state index in [9.17, 15) is 4.79 Å². The molecule has 0 amide bonds. The summed E-state index contributed by atoms with van der Waals surface area (Å²) in [7, 11) is 1.80. The van der Waals surface area contributed by atoms with Gasteiger partial charge >= 0.3 is 0 Å². The highest BCUT2D eigenvalue weighted by Gasteiger charge is 2.09. The lowest BCUT2D eigenvalue weighted by molar-refractivity contribution is -0.117. The number of carbonyl (C=O) groups is 1. The molecule has 0 aliphatic heterocycles. The Bertz CT molecular complexity index is 761. The molecule has 0 aliphatic carbocycles. The lowest BCUT2D eigenvalue weighted by Gasteiger charge is -2.03. The van der Waals surface area contributed by atoms with Crippen molar-refractivity contribution in [2.45, 2.75) is 12.8 Å². The van der Waals surface area contributed by atoms with Crippen LogP contribution in [0.15, 0.2) is 48.8 Å². The SMILES string of the molecule is Cn1ncnc1CC(=O)Cc1ccc2ccccc2c1. The van der Waals surface area contributed by atoms with Crippen molar-refractivity contribution >= 4 is 16.6 Å². The number of hydrogen-bond donors (Lipinski definition) is 0. The first-order valence-electron chi connectivity index (χ1n) is 6.54. The first kappa shape index (κ1) is 12.5. The van der Waals surface area contributed by atoms with Crippen LogP contribution >= 0.6 is 0 Å². The zero-order valence-corrected chi connectivity index (χ0v) is 11.3. The Morgan fingerprint density at radius 1 is 1.10 bits per heavy atom. The molecule has 1 aromatic heterocycles. The third-order valence-electron chi connectivity index (χ3n) is 3.38. The van der Waals surface area contributed by atoms with Crippen molar-refractivity contribution in [2.24, 2.45) is 7.05 Å². The highest BCUT2D eigenvalue weighted by Crippen LogP contribution is 2.16. The monoisotopic (exact) mass is 265 g/mol. The van der Waals surface area contributed by atoms with Crippen LogP contribution in [0, 0.1) is 0 Å². The highest BCUT2D eigenvalue weighted by atomic mass is 16.1. The van der Waals surface area contributed by atoms with E-state index in [1.54, 1.807) is 11.7 Å². The summed E-state index contributed by atoms with van der Waals surface area (Å²) in [5.74, 6) is 0.854. The van der Waals surface area contributed by atoms with Crippen LogP contribution in [-0.4, -0.2) is 20.5 Å². The van der Waals surface area contributed by atoms with Crippen LogP contribution in [0.5, 0.6) is 0 Å². The number of nitrogens with zero attached hydrogens (tertiary/aromatic N) is 3. The molecule has 2 aromatic carbocycles. The van der Waals surface area contributed by atoms with Gasteiger partial charge in [0, 0.05) is 13.5 Å². The molecule has 4 nitrogen and oxygen atoms in total. The molecule has 4 heteroatoms. The summed E-state index contributed by atoms with van der Waals surface area (Å²) in [6, 6.07) is 14.3. The number of Topliss-reactive ketones (excluding diaryl/α,β-unsaturated/α-hetero) is 1. The number of aryl methyl sites for hydroxylation is 1. The Labute approximate surface area is 117 Å². The molecule has 0 spiro atoms. The van der Waals surface area contributed by atoms with Gasteiger partial charge in [0.1, 0.15) is 17.9 Å². The average Bonchev–Trinajstić information content (AvgIpc) is 2.84. The van der Waals surface area contributed by atoms with Crippen molar-refractivity contribution in [3.05, 3.63) is 60.2 Å². The maximum Gasteiger partial charge on any atom is 0.144 e. The fraction of sp³-hybridized carbons (Fsp3) is 0.188. The lowest BCUT2D eigenvalue weighted by Crippen LogP contribution is -2.11. The normalized spacial score (nSPS) is 10.8. The largest absolute Gasteiger partial charge is 0.299 e. The van der Waals surface area contributed by atoms with Crippen molar-refractivity contribution in [1.29, 1.82) is 0 Å². The number of ketones is 1. The number of hydrogen-bond acceptors (Lipinski definition) is 3. The number of carbonyl (C=O) groups excluding carboxylic acids is 1. The predicted molar refractivity (Wildman–Crippen MR) is 77.4 cm³/mol. The van der Waals surface area contributed by atoms with E-state index >= 15 is 0 Å². The van der Waals surface area contributed by atoms with Crippen molar-refractivity contribution < 1.29 is 4.79 Å². The van der Waals surface area contributed by atoms with E-state index in [0.717, 1.165) is 10.9 Å². The van der Waals surface area contributed by atoms with Gasteiger partial charge in [-0.05, 0) is 16.3 Å². The second-order valence-corrected chi connectivity index (χ2v) is 4.87.